The summed E-state index contributed by atoms with van der Waals surface area (Å²) in [5.41, 5.74) is 0.941. The van der Waals surface area contributed by atoms with Gasteiger partial charge in [0.2, 0.25) is 0 Å². The van der Waals surface area contributed by atoms with Crippen LogP contribution in [0.15, 0.2) is 30.3 Å². The van der Waals surface area contributed by atoms with Crippen molar-refractivity contribution in [1.82, 2.24) is 0 Å². The molecule has 0 radical (unpaired) electrons. The van der Waals surface area contributed by atoms with Gasteiger partial charge in [0.15, 0.2) is 10.9 Å². The number of carbonyl (C=O) groups is 2. The number of ketones is 1. The van der Waals surface area contributed by atoms with Crippen molar-refractivity contribution in [2.24, 2.45) is 5.92 Å². The van der Waals surface area contributed by atoms with Gasteiger partial charge in [-0.2, -0.15) is 0 Å². The van der Waals surface area contributed by atoms with Crippen LogP contribution in [0, 0.1) is 5.92 Å². The van der Waals surface area contributed by atoms with E-state index in [0.717, 1.165) is 5.56 Å². The van der Waals surface area contributed by atoms with E-state index < -0.39 is 0 Å². The van der Waals surface area contributed by atoms with Crippen LogP contribution in [0.3, 0.4) is 0 Å². The summed E-state index contributed by atoms with van der Waals surface area (Å²) < 4.78 is 0. The number of thioether (sulfide) groups is 1. The maximum absolute atomic E-state index is 11.9. The number of hydrogen-bond acceptors (Lipinski definition) is 3. The summed E-state index contributed by atoms with van der Waals surface area (Å²) in [5, 5.41) is -0.250. The highest BCUT2D eigenvalue weighted by molar-refractivity contribution is 8.15. The van der Waals surface area contributed by atoms with Crippen LogP contribution in [0.25, 0.3) is 0 Å². The molecule has 1 heterocycles. The Balaban J connectivity index is 2.27. The zero-order valence-electron chi connectivity index (χ0n) is 8.47. The van der Waals surface area contributed by atoms with Crippen molar-refractivity contribution in [3.05, 3.63) is 35.9 Å². The van der Waals surface area contributed by atoms with E-state index in [2.05, 4.69) is 0 Å². The van der Waals surface area contributed by atoms with E-state index in [1.54, 1.807) is 0 Å². The molecule has 0 saturated carbocycles. The Morgan fingerprint density at radius 1 is 1.20 bits per heavy atom. The van der Waals surface area contributed by atoms with Gasteiger partial charge in [-0.1, -0.05) is 49.0 Å². The first kappa shape index (κ1) is 10.4. The molecule has 1 aliphatic rings. The number of benzene rings is 1. The topological polar surface area (TPSA) is 34.1 Å². The maximum Gasteiger partial charge on any atom is 0.200 e. The highest BCUT2D eigenvalue weighted by Crippen LogP contribution is 2.42. The third kappa shape index (κ3) is 1.84. The molecule has 3 heteroatoms. The molecule has 0 N–H and O–H groups in total. The lowest BCUT2D eigenvalue weighted by atomic mass is 9.97. The highest BCUT2D eigenvalue weighted by Gasteiger charge is 2.41. The third-order valence-corrected chi connectivity index (χ3v) is 3.89. The van der Waals surface area contributed by atoms with Crippen LogP contribution >= 0.6 is 11.8 Å². The maximum atomic E-state index is 11.9. The molecule has 1 fully saturated rings. The molecule has 1 saturated heterocycles. The summed E-state index contributed by atoms with van der Waals surface area (Å²) in [4.78, 5) is 23.4. The fourth-order valence-corrected chi connectivity index (χ4v) is 3.04. The second kappa shape index (κ2) is 4.19. The molecule has 2 nitrogen and oxygen atoms in total. The van der Waals surface area contributed by atoms with Crippen LogP contribution in [0.1, 0.15) is 24.2 Å². The first-order chi connectivity index (χ1) is 7.24. The summed E-state index contributed by atoms with van der Waals surface area (Å²) in [6.07, 6.45) is 0.619. The molecule has 0 aromatic heterocycles. The molecule has 2 rings (SSSR count). The zero-order chi connectivity index (χ0) is 10.8. The Morgan fingerprint density at radius 2 is 1.87 bits per heavy atom. The van der Waals surface area contributed by atoms with Crippen molar-refractivity contribution in [3.8, 4) is 0 Å². The quantitative estimate of drug-likeness (QED) is 0.718. The van der Waals surface area contributed by atoms with Gasteiger partial charge in [-0.05, 0) is 12.0 Å². The molecular weight excluding hydrogens is 208 g/mol. The molecule has 1 aliphatic heterocycles. The van der Waals surface area contributed by atoms with Crippen LogP contribution in [0.5, 0.6) is 0 Å². The van der Waals surface area contributed by atoms with Crippen LogP contribution in [-0.4, -0.2) is 10.9 Å². The average Bonchev–Trinajstić information content (AvgIpc) is 2.55. The van der Waals surface area contributed by atoms with Crippen molar-refractivity contribution in [3.63, 3.8) is 0 Å². The first-order valence-electron chi connectivity index (χ1n) is 5.03. The van der Waals surface area contributed by atoms with Crippen LogP contribution < -0.4 is 0 Å². The highest BCUT2D eigenvalue weighted by atomic mass is 32.2. The summed E-state index contributed by atoms with van der Waals surface area (Å²) in [7, 11) is 0. The Kier molecular flexibility index (Phi) is 2.91. The van der Waals surface area contributed by atoms with Gasteiger partial charge in [0.25, 0.3) is 0 Å². The number of carbonyl (C=O) groups excluding carboxylic acids is 2. The van der Waals surface area contributed by atoms with Crippen molar-refractivity contribution in [1.29, 1.82) is 0 Å². The van der Waals surface area contributed by atoms with E-state index in [4.69, 9.17) is 0 Å². The molecule has 1 aromatic rings. The molecule has 1 aromatic carbocycles. The first-order valence-corrected chi connectivity index (χ1v) is 5.91. The average molecular weight is 220 g/mol. The molecule has 78 valence electrons. The number of hydrogen-bond donors (Lipinski definition) is 0. The Labute approximate surface area is 93.1 Å². The lowest BCUT2D eigenvalue weighted by Gasteiger charge is -2.06. The fraction of sp³-hybridized carbons (Fsp3) is 0.333. The summed E-state index contributed by atoms with van der Waals surface area (Å²) >= 11 is 1.17. The predicted molar refractivity (Wildman–Crippen MR) is 60.6 cm³/mol. The number of rotatable bonds is 2. The fourth-order valence-electron chi connectivity index (χ4n) is 1.78. The van der Waals surface area contributed by atoms with E-state index in [0.29, 0.717) is 6.42 Å². The van der Waals surface area contributed by atoms with E-state index in [1.165, 1.54) is 11.8 Å². The molecule has 0 amide bonds. The Hall–Kier alpha value is -1.09. The largest absolute Gasteiger partial charge is 0.297 e. The smallest absolute Gasteiger partial charge is 0.200 e. The van der Waals surface area contributed by atoms with Gasteiger partial charge in [-0.15, -0.1) is 0 Å². The van der Waals surface area contributed by atoms with E-state index in [-0.39, 0.29) is 22.1 Å². The zero-order valence-corrected chi connectivity index (χ0v) is 9.29. The Bertz CT molecular complexity index is 386. The second-order valence-electron chi connectivity index (χ2n) is 3.59. The van der Waals surface area contributed by atoms with Gasteiger partial charge in [-0.25, -0.2) is 0 Å². The molecule has 0 aliphatic carbocycles. The second-order valence-corrected chi connectivity index (χ2v) is 4.70. The summed E-state index contributed by atoms with van der Waals surface area (Å²) in [5.74, 6) is -0.320. The van der Waals surface area contributed by atoms with Gasteiger partial charge >= 0.3 is 0 Å². The predicted octanol–water partition coefficient (Wildman–Crippen LogP) is 2.60. The standard InChI is InChI=1S/C12H12O2S/c1-2-9-10(13)11(15-12(9)14)8-6-4-3-5-7-8/h3-7,9,11H,2H2,1H3. The normalized spacial score (nSPS) is 25.9. The third-order valence-electron chi connectivity index (χ3n) is 2.63. The van der Waals surface area contributed by atoms with Crippen molar-refractivity contribution < 1.29 is 9.59 Å². The number of Topliss-reactive ketones (excluding diaryl/α,β-unsaturated/α-hetero) is 1. The van der Waals surface area contributed by atoms with Crippen molar-refractivity contribution >= 4 is 22.7 Å². The molecule has 2 unspecified atom stereocenters. The molecular formula is C12H12O2S. The minimum absolute atomic E-state index is 0.0244. The molecule has 15 heavy (non-hydrogen) atoms. The van der Waals surface area contributed by atoms with Crippen molar-refractivity contribution in [2.45, 2.75) is 18.6 Å². The lowest BCUT2D eigenvalue weighted by Crippen LogP contribution is -2.15. The molecule has 0 spiro atoms. The SMILES string of the molecule is CCC1C(=O)SC(c2ccccc2)C1=O. The minimum Gasteiger partial charge on any atom is -0.297 e. The summed E-state index contributed by atoms with van der Waals surface area (Å²) in [6, 6.07) is 9.51. The Morgan fingerprint density at radius 3 is 2.40 bits per heavy atom. The lowest BCUT2D eigenvalue weighted by molar-refractivity contribution is -0.126. The van der Waals surface area contributed by atoms with Gasteiger partial charge in [-0.3, -0.25) is 9.59 Å². The summed E-state index contributed by atoms with van der Waals surface area (Å²) in [6.45, 7) is 1.88. The van der Waals surface area contributed by atoms with Gasteiger partial charge < -0.3 is 0 Å². The minimum atomic E-state index is -0.389. The molecule has 0 bridgehead atoms. The van der Waals surface area contributed by atoms with Gasteiger partial charge in [0.1, 0.15) is 0 Å². The van der Waals surface area contributed by atoms with Gasteiger partial charge in [0, 0.05) is 0 Å². The monoisotopic (exact) mass is 220 g/mol. The van der Waals surface area contributed by atoms with Crippen LogP contribution in [0.2, 0.25) is 0 Å². The van der Waals surface area contributed by atoms with Gasteiger partial charge in [0.05, 0.1) is 11.2 Å². The molecule has 2 atom stereocenters. The van der Waals surface area contributed by atoms with Crippen LogP contribution in [-0.2, 0) is 9.59 Å². The van der Waals surface area contributed by atoms with E-state index in [1.807, 2.05) is 37.3 Å². The van der Waals surface area contributed by atoms with E-state index >= 15 is 0 Å². The van der Waals surface area contributed by atoms with Crippen LogP contribution in [0.4, 0.5) is 0 Å². The van der Waals surface area contributed by atoms with Crippen molar-refractivity contribution in [2.75, 3.05) is 0 Å². The van der Waals surface area contributed by atoms with E-state index in [9.17, 15) is 9.59 Å².